The van der Waals surface area contributed by atoms with Crippen molar-refractivity contribution >= 4 is 29.0 Å². The number of aromatic nitrogens is 4. The molecule has 0 spiro atoms. The topological polar surface area (TPSA) is 72.7 Å². The Labute approximate surface area is 148 Å². The fraction of sp³-hybridized carbons (Fsp3) is 0.250. The van der Waals surface area contributed by atoms with Crippen LogP contribution >= 0.6 is 23.1 Å². The quantitative estimate of drug-likeness (QED) is 0.519. The number of rotatable bonds is 7. The summed E-state index contributed by atoms with van der Waals surface area (Å²) in [5, 5.41) is 11.9. The molecule has 0 unspecified atom stereocenters. The smallest absolute Gasteiger partial charge is 0.240 e. The third-order valence-electron chi connectivity index (χ3n) is 3.22. The lowest BCUT2D eigenvalue weighted by molar-refractivity contribution is -0.121. The predicted octanol–water partition coefficient (Wildman–Crippen LogP) is 2.62. The second-order valence-electron chi connectivity index (χ2n) is 5.03. The Balaban J connectivity index is 1.48. The summed E-state index contributed by atoms with van der Waals surface area (Å²) < 4.78 is 2.79. The molecule has 0 bridgehead atoms. The van der Waals surface area contributed by atoms with Gasteiger partial charge < -0.3 is 9.88 Å². The van der Waals surface area contributed by atoms with Crippen molar-refractivity contribution in [3.05, 3.63) is 47.7 Å². The number of amides is 1. The lowest BCUT2D eigenvalue weighted by atomic mass is 10.2. The molecule has 1 aromatic carbocycles. The van der Waals surface area contributed by atoms with Gasteiger partial charge in [-0.15, -0.1) is 10.2 Å². The molecule has 1 amide bonds. The van der Waals surface area contributed by atoms with Gasteiger partial charge in [0, 0.05) is 30.3 Å². The van der Waals surface area contributed by atoms with Crippen molar-refractivity contribution in [2.45, 2.75) is 17.8 Å². The number of nitrogens with zero attached hydrogens (tertiary/aromatic N) is 4. The first-order valence-corrected chi connectivity index (χ1v) is 9.29. The summed E-state index contributed by atoms with van der Waals surface area (Å²) in [6.07, 6.45) is 3.53. The van der Waals surface area contributed by atoms with Gasteiger partial charge in [0.05, 0.1) is 0 Å². The van der Waals surface area contributed by atoms with Crippen LogP contribution in [0.4, 0.5) is 0 Å². The van der Waals surface area contributed by atoms with Gasteiger partial charge in [0.15, 0.2) is 4.34 Å². The maximum atomic E-state index is 12.1. The standard InChI is InChI=1S/C16H17N5OS2/c1-12-19-20-16(24-12)23-10-8-17-14(22)11-21-9-7-18-15(21)13-5-3-2-4-6-13/h2-7,9H,8,10-11H2,1H3,(H,17,22). The van der Waals surface area contributed by atoms with E-state index in [1.165, 1.54) is 0 Å². The summed E-state index contributed by atoms with van der Waals surface area (Å²) in [5.41, 5.74) is 0.998. The number of hydrogen-bond acceptors (Lipinski definition) is 6. The summed E-state index contributed by atoms with van der Waals surface area (Å²) in [6, 6.07) is 9.84. The normalized spacial score (nSPS) is 10.7. The number of benzene rings is 1. The molecular weight excluding hydrogens is 342 g/mol. The molecule has 124 valence electrons. The van der Waals surface area contributed by atoms with Crippen LogP contribution in [0.2, 0.25) is 0 Å². The molecule has 6 nitrogen and oxygen atoms in total. The average molecular weight is 359 g/mol. The third kappa shape index (κ3) is 4.42. The van der Waals surface area contributed by atoms with Crippen LogP contribution in [0.15, 0.2) is 47.1 Å². The average Bonchev–Trinajstić information content (AvgIpc) is 3.21. The first kappa shape index (κ1) is 16.7. The highest BCUT2D eigenvalue weighted by Gasteiger charge is 2.09. The fourth-order valence-corrected chi connectivity index (χ4v) is 3.90. The minimum Gasteiger partial charge on any atom is -0.354 e. The first-order valence-electron chi connectivity index (χ1n) is 7.48. The molecule has 0 saturated heterocycles. The van der Waals surface area contributed by atoms with Crippen molar-refractivity contribution in [1.82, 2.24) is 25.1 Å². The highest BCUT2D eigenvalue weighted by atomic mass is 32.2. The zero-order valence-electron chi connectivity index (χ0n) is 13.2. The minimum atomic E-state index is -0.0285. The first-order chi connectivity index (χ1) is 11.7. The van der Waals surface area contributed by atoms with Crippen LogP contribution in [0.5, 0.6) is 0 Å². The van der Waals surface area contributed by atoms with Crippen LogP contribution in [-0.2, 0) is 11.3 Å². The highest BCUT2D eigenvalue weighted by molar-refractivity contribution is 8.01. The number of imidazole rings is 1. The van der Waals surface area contributed by atoms with Gasteiger partial charge in [-0.25, -0.2) is 4.98 Å². The molecule has 0 aliphatic carbocycles. The van der Waals surface area contributed by atoms with E-state index in [-0.39, 0.29) is 12.5 Å². The number of carbonyl (C=O) groups excluding carboxylic acids is 1. The van der Waals surface area contributed by atoms with Gasteiger partial charge in [-0.05, 0) is 6.92 Å². The van der Waals surface area contributed by atoms with Crippen LogP contribution < -0.4 is 5.32 Å². The number of aryl methyl sites for hydroxylation is 1. The summed E-state index contributed by atoms with van der Waals surface area (Å²) >= 11 is 3.17. The van der Waals surface area contributed by atoms with Crippen molar-refractivity contribution in [3.63, 3.8) is 0 Å². The van der Waals surface area contributed by atoms with Crippen LogP contribution in [0.25, 0.3) is 11.4 Å². The Bertz CT molecular complexity index is 800. The lowest BCUT2D eigenvalue weighted by Gasteiger charge is -2.08. The lowest BCUT2D eigenvalue weighted by Crippen LogP contribution is -2.29. The van der Waals surface area contributed by atoms with E-state index in [4.69, 9.17) is 0 Å². The largest absolute Gasteiger partial charge is 0.354 e. The molecule has 0 saturated carbocycles. The van der Waals surface area contributed by atoms with Crippen LogP contribution in [0, 0.1) is 6.92 Å². The summed E-state index contributed by atoms with van der Waals surface area (Å²) in [7, 11) is 0. The fourth-order valence-electron chi connectivity index (χ4n) is 2.16. The van der Waals surface area contributed by atoms with Crippen molar-refractivity contribution in [2.75, 3.05) is 12.3 Å². The van der Waals surface area contributed by atoms with E-state index in [0.29, 0.717) is 6.54 Å². The summed E-state index contributed by atoms with van der Waals surface area (Å²) in [5.74, 6) is 1.54. The minimum absolute atomic E-state index is 0.0285. The molecule has 0 aliphatic heterocycles. The molecule has 2 heterocycles. The van der Waals surface area contributed by atoms with E-state index in [9.17, 15) is 4.79 Å². The van der Waals surface area contributed by atoms with E-state index in [1.54, 1.807) is 29.3 Å². The molecule has 2 aromatic heterocycles. The highest BCUT2D eigenvalue weighted by Crippen LogP contribution is 2.21. The maximum Gasteiger partial charge on any atom is 0.240 e. The molecule has 0 fully saturated rings. The van der Waals surface area contributed by atoms with Gasteiger partial charge in [0.1, 0.15) is 17.4 Å². The van der Waals surface area contributed by atoms with Gasteiger partial charge in [-0.1, -0.05) is 53.4 Å². The van der Waals surface area contributed by atoms with Gasteiger partial charge >= 0.3 is 0 Å². The number of hydrogen-bond donors (Lipinski definition) is 1. The molecule has 0 atom stereocenters. The van der Waals surface area contributed by atoms with Crippen molar-refractivity contribution in [2.24, 2.45) is 0 Å². The second-order valence-corrected chi connectivity index (χ2v) is 7.55. The monoisotopic (exact) mass is 359 g/mol. The molecule has 0 radical (unpaired) electrons. The van der Waals surface area contributed by atoms with E-state index < -0.39 is 0 Å². The van der Waals surface area contributed by atoms with Gasteiger partial charge in [-0.2, -0.15) is 0 Å². The van der Waals surface area contributed by atoms with Gasteiger partial charge in [-0.3, -0.25) is 4.79 Å². The Hall–Kier alpha value is -2.19. The van der Waals surface area contributed by atoms with E-state index >= 15 is 0 Å². The van der Waals surface area contributed by atoms with E-state index in [1.807, 2.05) is 48.0 Å². The molecule has 3 rings (SSSR count). The molecule has 24 heavy (non-hydrogen) atoms. The number of nitrogens with one attached hydrogen (secondary N) is 1. The van der Waals surface area contributed by atoms with Crippen molar-refractivity contribution in [1.29, 1.82) is 0 Å². The zero-order chi connectivity index (χ0) is 16.8. The van der Waals surface area contributed by atoms with Crippen LogP contribution in [0.3, 0.4) is 0 Å². The Morgan fingerprint density at radius 3 is 2.88 bits per heavy atom. The molecule has 3 aromatic rings. The molecule has 1 N–H and O–H groups in total. The summed E-state index contributed by atoms with van der Waals surface area (Å²) in [6.45, 7) is 2.78. The number of thioether (sulfide) groups is 1. The van der Waals surface area contributed by atoms with Crippen molar-refractivity contribution < 1.29 is 4.79 Å². The SMILES string of the molecule is Cc1nnc(SCCNC(=O)Cn2ccnc2-c2ccccc2)s1. The van der Waals surface area contributed by atoms with Gasteiger partial charge in [0.2, 0.25) is 5.91 Å². The van der Waals surface area contributed by atoms with Crippen LogP contribution in [-0.4, -0.2) is 38.0 Å². The predicted molar refractivity (Wildman–Crippen MR) is 96.0 cm³/mol. The molecular formula is C16H17N5OS2. The number of carbonyl (C=O) groups is 1. The van der Waals surface area contributed by atoms with E-state index in [0.717, 1.165) is 26.5 Å². The van der Waals surface area contributed by atoms with Gasteiger partial charge in [0.25, 0.3) is 0 Å². The Morgan fingerprint density at radius 2 is 2.12 bits per heavy atom. The second kappa shape index (κ2) is 8.07. The summed E-state index contributed by atoms with van der Waals surface area (Å²) in [4.78, 5) is 16.5. The third-order valence-corrected chi connectivity index (χ3v) is 5.19. The Kier molecular flexibility index (Phi) is 5.60. The maximum absolute atomic E-state index is 12.1. The van der Waals surface area contributed by atoms with Crippen molar-refractivity contribution in [3.8, 4) is 11.4 Å². The zero-order valence-corrected chi connectivity index (χ0v) is 14.8. The van der Waals surface area contributed by atoms with E-state index in [2.05, 4.69) is 20.5 Å². The molecule has 8 heteroatoms. The Morgan fingerprint density at radius 1 is 1.29 bits per heavy atom. The van der Waals surface area contributed by atoms with Crippen LogP contribution in [0.1, 0.15) is 5.01 Å². The molecule has 0 aliphatic rings.